The summed E-state index contributed by atoms with van der Waals surface area (Å²) in [6, 6.07) is 0. The first-order valence-electron chi connectivity index (χ1n) is 5.13. The summed E-state index contributed by atoms with van der Waals surface area (Å²) < 4.78 is 1.22. The average Bonchev–Trinajstić information content (AvgIpc) is 2.17. The lowest BCUT2D eigenvalue weighted by atomic mass is 10.2. The number of hydrogen-bond acceptors (Lipinski definition) is 2. The number of aromatic nitrogens is 2. The SMILES string of the molecule is CCCCn1c(=O)[nH]c(Cl)c(CC)c1=O. The number of hydrogen-bond donors (Lipinski definition) is 1. The highest BCUT2D eigenvalue weighted by Gasteiger charge is 2.10. The maximum atomic E-state index is 11.8. The van der Waals surface area contributed by atoms with Crippen molar-refractivity contribution in [3.8, 4) is 0 Å². The Balaban J connectivity index is 3.27. The molecule has 0 atom stereocenters. The molecule has 0 aromatic carbocycles. The van der Waals surface area contributed by atoms with Crippen LogP contribution in [-0.2, 0) is 13.0 Å². The van der Waals surface area contributed by atoms with Gasteiger partial charge in [-0.3, -0.25) is 14.3 Å². The molecule has 0 saturated heterocycles. The van der Waals surface area contributed by atoms with Crippen LogP contribution in [0.1, 0.15) is 32.3 Å². The van der Waals surface area contributed by atoms with E-state index in [0.717, 1.165) is 12.8 Å². The minimum absolute atomic E-state index is 0.167. The molecule has 1 rings (SSSR count). The van der Waals surface area contributed by atoms with Gasteiger partial charge in [0, 0.05) is 6.54 Å². The van der Waals surface area contributed by atoms with Crippen LogP contribution in [0.5, 0.6) is 0 Å². The molecule has 1 aromatic rings. The van der Waals surface area contributed by atoms with Gasteiger partial charge in [-0.25, -0.2) is 4.79 Å². The van der Waals surface area contributed by atoms with Crippen LogP contribution in [0.3, 0.4) is 0 Å². The zero-order valence-corrected chi connectivity index (χ0v) is 9.73. The van der Waals surface area contributed by atoms with Crippen molar-refractivity contribution in [3.63, 3.8) is 0 Å². The van der Waals surface area contributed by atoms with Crippen molar-refractivity contribution in [3.05, 3.63) is 31.6 Å². The number of H-pyrrole nitrogens is 1. The van der Waals surface area contributed by atoms with Gasteiger partial charge in [-0.05, 0) is 12.8 Å². The Morgan fingerprint density at radius 2 is 2.00 bits per heavy atom. The van der Waals surface area contributed by atoms with E-state index in [1.54, 1.807) is 0 Å². The van der Waals surface area contributed by atoms with E-state index in [1.165, 1.54) is 4.57 Å². The van der Waals surface area contributed by atoms with Gasteiger partial charge in [-0.1, -0.05) is 31.9 Å². The zero-order chi connectivity index (χ0) is 11.4. The van der Waals surface area contributed by atoms with E-state index in [1.807, 2.05) is 13.8 Å². The summed E-state index contributed by atoms with van der Waals surface area (Å²) in [6.45, 7) is 4.30. The van der Waals surface area contributed by atoms with Gasteiger partial charge in [0.2, 0.25) is 0 Å². The summed E-state index contributed by atoms with van der Waals surface area (Å²) in [7, 11) is 0. The molecule has 0 aliphatic carbocycles. The average molecular weight is 231 g/mol. The van der Waals surface area contributed by atoms with Crippen molar-refractivity contribution in [2.75, 3.05) is 0 Å². The normalized spacial score (nSPS) is 10.6. The minimum Gasteiger partial charge on any atom is -0.297 e. The van der Waals surface area contributed by atoms with Crippen LogP contribution < -0.4 is 11.2 Å². The lowest BCUT2D eigenvalue weighted by molar-refractivity contribution is 0.577. The quantitative estimate of drug-likeness (QED) is 0.798. The molecule has 0 saturated carbocycles. The van der Waals surface area contributed by atoms with Gasteiger partial charge in [0.25, 0.3) is 5.56 Å². The van der Waals surface area contributed by atoms with E-state index in [4.69, 9.17) is 11.6 Å². The van der Waals surface area contributed by atoms with Crippen LogP contribution in [0.4, 0.5) is 0 Å². The van der Waals surface area contributed by atoms with Gasteiger partial charge in [-0.15, -0.1) is 0 Å². The maximum absolute atomic E-state index is 11.8. The molecule has 0 spiro atoms. The Bertz CT molecular complexity index is 448. The van der Waals surface area contributed by atoms with E-state index < -0.39 is 5.69 Å². The molecule has 0 aliphatic rings. The third-order valence-corrected chi connectivity index (χ3v) is 2.64. The van der Waals surface area contributed by atoms with Crippen LogP contribution in [0.15, 0.2) is 9.59 Å². The van der Waals surface area contributed by atoms with Crippen molar-refractivity contribution in [1.82, 2.24) is 9.55 Å². The largest absolute Gasteiger partial charge is 0.329 e. The molecule has 5 heteroatoms. The molecular weight excluding hydrogens is 216 g/mol. The number of rotatable bonds is 4. The molecule has 0 amide bonds. The third-order valence-electron chi connectivity index (χ3n) is 2.32. The Morgan fingerprint density at radius 1 is 1.33 bits per heavy atom. The van der Waals surface area contributed by atoms with Crippen molar-refractivity contribution < 1.29 is 0 Å². The summed E-state index contributed by atoms with van der Waals surface area (Å²) in [5, 5.41) is 0.167. The molecule has 4 nitrogen and oxygen atoms in total. The molecule has 0 fully saturated rings. The third kappa shape index (κ3) is 2.50. The van der Waals surface area contributed by atoms with Crippen molar-refractivity contribution >= 4 is 11.6 Å². The van der Waals surface area contributed by atoms with Gasteiger partial charge >= 0.3 is 5.69 Å². The van der Waals surface area contributed by atoms with E-state index in [0.29, 0.717) is 18.5 Å². The second-order valence-electron chi connectivity index (χ2n) is 3.39. The minimum atomic E-state index is -0.421. The first kappa shape index (κ1) is 12.0. The van der Waals surface area contributed by atoms with E-state index in [-0.39, 0.29) is 10.7 Å². The summed E-state index contributed by atoms with van der Waals surface area (Å²) in [4.78, 5) is 25.7. The summed E-state index contributed by atoms with van der Waals surface area (Å²) in [5.41, 5.74) is -0.206. The maximum Gasteiger partial charge on any atom is 0.329 e. The van der Waals surface area contributed by atoms with Crippen molar-refractivity contribution in [2.45, 2.75) is 39.7 Å². The van der Waals surface area contributed by atoms with Crippen LogP contribution >= 0.6 is 11.6 Å². The first-order chi connectivity index (χ1) is 7.11. The fourth-order valence-corrected chi connectivity index (χ4v) is 1.71. The first-order valence-corrected chi connectivity index (χ1v) is 5.51. The zero-order valence-electron chi connectivity index (χ0n) is 8.97. The predicted molar refractivity (Wildman–Crippen MR) is 60.6 cm³/mol. The van der Waals surface area contributed by atoms with Crippen LogP contribution in [0.25, 0.3) is 0 Å². The molecular formula is C10H15ClN2O2. The topological polar surface area (TPSA) is 54.9 Å². The van der Waals surface area contributed by atoms with Gasteiger partial charge in [0.1, 0.15) is 5.15 Å². The fourth-order valence-electron chi connectivity index (χ4n) is 1.41. The van der Waals surface area contributed by atoms with Crippen LogP contribution in [0, 0.1) is 0 Å². The highest BCUT2D eigenvalue weighted by atomic mass is 35.5. The molecule has 0 radical (unpaired) electrons. The highest BCUT2D eigenvalue weighted by Crippen LogP contribution is 2.05. The number of halogens is 1. The number of nitrogens with zero attached hydrogens (tertiary/aromatic N) is 1. The molecule has 1 heterocycles. The van der Waals surface area contributed by atoms with Crippen LogP contribution in [-0.4, -0.2) is 9.55 Å². The number of nitrogens with one attached hydrogen (secondary N) is 1. The lowest BCUT2D eigenvalue weighted by Crippen LogP contribution is -2.37. The summed E-state index contributed by atoms with van der Waals surface area (Å²) >= 11 is 5.77. The molecule has 0 bridgehead atoms. The Labute approximate surface area is 92.9 Å². The monoisotopic (exact) mass is 230 g/mol. The summed E-state index contributed by atoms with van der Waals surface area (Å²) in [6.07, 6.45) is 2.28. The number of aromatic amines is 1. The molecule has 0 unspecified atom stereocenters. The van der Waals surface area contributed by atoms with E-state index in [2.05, 4.69) is 4.98 Å². The summed E-state index contributed by atoms with van der Waals surface area (Å²) in [5.74, 6) is 0. The Kier molecular flexibility index (Phi) is 4.15. The Hall–Kier alpha value is -1.03. The molecule has 15 heavy (non-hydrogen) atoms. The van der Waals surface area contributed by atoms with Gasteiger partial charge in [0.15, 0.2) is 0 Å². The highest BCUT2D eigenvalue weighted by molar-refractivity contribution is 6.30. The Morgan fingerprint density at radius 3 is 2.53 bits per heavy atom. The lowest BCUT2D eigenvalue weighted by Gasteiger charge is -2.06. The molecule has 1 N–H and O–H groups in total. The number of unbranched alkanes of at least 4 members (excludes halogenated alkanes) is 1. The van der Waals surface area contributed by atoms with E-state index in [9.17, 15) is 9.59 Å². The van der Waals surface area contributed by atoms with Crippen molar-refractivity contribution in [1.29, 1.82) is 0 Å². The van der Waals surface area contributed by atoms with Gasteiger partial charge < -0.3 is 0 Å². The second kappa shape index (κ2) is 5.16. The molecule has 84 valence electrons. The van der Waals surface area contributed by atoms with Crippen molar-refractivity contribution in [2.24, 2.45) is 0 Å². The smallest absolute Gasteiger partial charge is 0.297 e. The molecule has 0 aliphatic heterocycles. The van der Waals surface area contributed by atoms with Gasteiger partial charge in [0.05, 0.1) is 5.56 Å². The van der Waals surface area contributed by atoms with Gasteiger partial charge in [-0.2, -0.15) is 0 Å². The second-order valence-corrected chi connectivity index (χ2v) is 3.76. The predicted octanol–water partition coefficient (Wildman–Crippen LogP) is 1.55. The molecule has 1 aromatic heterocycles. The van der Waals surface area contributed by atoms with E-state index >= 15 is 0 Å². The van der Waals surface area contributed by atoms with Crippen LogP contribution in [0.2, 0.25) is 5.15 Å². The fraction of sp³-hybridized carbons (Fsp3) is 0.600. The standard InChI is InChI=1S/C10H15ClN2O2/c1-3-5-6-13-9(14)7(4-2)8(11)12-10(13)15/h3-6H2,1-2H3,(H,12,15).